The van der Waals surface area contributed by atoms with E-state index in [-0.39, 0.29) is 19.4 Å². The zero-order chi connectivity index (χ0) is 39.8. The van der Waals surface area contributed by atoms with Gasteiger partial charge in [0.1, 0.15) is 12.7 Å². The van der Waals surface area contributed by atoms with Gasteiger partial charge in [0.15, 0.2) is 6.10 Å². The Hall–Kier alpha value is -1.81. The van der Waals surface area contributed by atoms with Gasteiger partial charge in [-0.1, -0.05) is 140 Å². The van der Waals surface area contributed by atoms with Crippen LogP contribution in [0, 0.1) is 0 Å². The number of carbonyl (C=O) groups excluding carboxylic acids is 2. The second-order valence-electron chi connectivity index (χ2n) is 14.4. The molecule has 0 heterocycles. The van der Waals surface area contributed by atoms with Gasteiger partial charge in [-0.25, -0.2) is 4.57 Å². The van der Waals surface area contributed by atoms with E-state index in [1.54, 1.807) is 0 Å². The van der Waals surface area contributed by atoms with Crippen LogP contribution in [-0.2, 0) is 32.7 Å². The van der Waals surface area contributed by atoms with Gasteiger partial charge in [0.25, 0.3) is 0 Å². The number of ether oxygens (including phenoxy) is 2. The van der Waals surface area contributed by atoms with Crippen molar-refractivity contribution in [3.8, 4) is 0 Å². The van der Waals surface area contributed by atoms with Crippen LogP contribution in [0.2, 0.25) is 0 Å². The number of unbranched alkanes of at least 4 members (excludes halogenated alkanes) is 20. The minimum absolute atomic E-state index is 0.174. The summed E-state index contributed by atoms with van der Waals surface area (Å²) < 4.78 is 32.7. The Bertz CT molecular complexity index is 999. The molecule has 0 bridgehead atoms. The van der Waals surface area contributed by atoms with Crippen LogP contribution in [0.15, 0.2) is 36.5 Å². The topological polar surface area (TPSA) is 149 Å². The van der Waals surface area contributed by atoms with Crippen LogP contribution in [0.3, 0.4) is 0 Å². The first-order valence-corrected chi connectivity index (χ1v) is 22.9. The van der Waals surface area contributed by atoms with Crippen molar-refractivity contribution in [2.75, 3.05) is 26.4 Å². The summed E-state index contributed by atoms with van der Waals surface area (Å²) in [4.78, 5) is 35.0. The van der Waals surface area contributed by atoms with Crippen molar-refractivity contribution >= 4 is 19.8 Å². The van der Waals surface area contributed by atoms with Crippen LogP contribution in [0.4, 0.5) is 0 Å². The van der Waals surface area contributed by atoms with Gasteiger partial charge in [-0.2, -0.15) is 0 Å². The zero-order valence-electron chi connectivity index (χ0n) is 34.2. The van der Waals surface area contributed by atoms with Crippen LogP contribution in [0.25, 0.3) is 0 Å². The minimum atomic E-state index is -4.62. The van der Waals surface area contributed by atoms with E-state index in [0.717, 1.165) is 77.0 Å². The van der Waals surface area contributed by atoms with Crippen LogP contribution in [0.1, 0.15) is 187 Å². The maximum Gasteiger partial charge on any atom is 0.472 e. The van der Waals surface area contributed by atoms with Crippen LogP contribution < -0.4 is 0 Å². The van der Waals surface area contributed by atoms with E-state index < -0.39 is 51.8 Å². The van der Waals surface area contributed by atoms with Crippen molar-refractivity contribution in [1.29, 1.82) is 0 Å². The Labute approximate surface area is 329 Å². The molecule has 0 aromatic heterocycles. The molecule has 3 N–H and O–H groups in total. The molecule has 0 aromatic rings. The number of esters is 2. The molecule has 0 aliphatic rings. The summed E-state index contributed by atoms with van der Waals surface area (Å²) >= 11 is 0. The highest BCUT2D eigenvalue weighted by molar-refractivity contribution is 7.47. The number of allylic oxidation sites excluding steroid dienone is 6. The standard InChI is InChI=1S/C43H79O10P/c1-3-5-7-9-11-13-15-17-19-20-21-23-25-27-29-31-33-35-43(47)53-41(39-52-54(48,49)51-37-40(45)36-44)38-50-42(46)34-32-30-28-26-24-22-18-16-14-12-10-8-6-4-2/h11,13,16-19,40-41,44-45H,3-10,12,14-15,20-39H2,1-2H3,(H,48,49)/b13-11-,18-16-,19-17-. The first-order chi connectivity index (χ1) is 26.2. The molecule has 54 heavy (non-hydrogen) atoms. The van der Waals surface area contributed by atoms with Crippen molar-refractivity contribution in [2.24, 2.45) is 0 Å². The Morgan fingerprint density at radius 2 is 0.963 bits per heavy atom. The molecule has 10 nitrogen and oxygen atoms in total. The molecule has 3 unspecified atom stereocenters. The summed E-state index contributed by atoms with van der Waals surface area (Å²) in [5, 5.41) is 18.3. The molecule has 0 rings (SSSR count). The molecule has 316 valence electrons. The Morgan fingerprint density at radius 3 is 1.48 bits per heavy atom. The highest BCUT2D eigenvalue weighted by Gasteiger charge is 2.27. The average Bonchev–Trinajstić information content (AvgIpc) is 3.16. The predicted molar refractivity (Wildman–Crippen MR) is 219 cm³/mol. The summed E-state index contributed by atoms with van der Waals surface area (Å²) in [5.41, 5.74) is 0. The van der Waals surface area contributed by atoms with Gasteiger partial charge in [-0.05, 0) is 70.6 Å². The number of phosphoric acid groups is 1. The van der Waals surface area contributed by atoms with Gasteiger partial charge in [0.05, 0.1) is 19.8 Å². The highest BCUT2D eigenvalue weighted by Crippen LogP contribution is 2.43. The number of hydrogen-bond acceptors (Lipinski definition) is 9. The molecular formula is C43H79O10P. The second kappa shape index (κ2) is 39.4. The first-order valence-electron chi connectivity index (χ1n) is 21.4. The fourth-order valence-electron chi connectivity index (χ4n) is 5.66. The lowest BCUT2D eigenvalue weighted by atomic mass is 10.1. The van der Waals surface area contributed by atoms with Gasteiger partial charge < -0.3 is 24.6 Å². The van der Waals surface area contributed by atoms with Gasteiger partial charge in [0.2, 0.25) is 0 Å². The van der Waals surface area contributed by atoms with Crippen molar-refractivity contribution in [2.45, 2.75) is 199 Å². The number of hydrogen-bond donors (Lipinski definition) is 3. The summed E-state index contributed by atoms with van der Waals surface area (Å²) in [6, 6.07) is 0. The number of carbonyl (C=O) groups is 2. The Balaban J connectivity index is 4.33. The van der Waals surface area contributed by atoms with E-state index in [2.05, 4.69) is 54.8 Å². The van der Waals surface area contributed by atoms with Crippen LogP contribution >= 0.6 is 7.82 Å². The first kappa shape index (κ1) is 52.2. The molecule has 0 fully saturated rings. The smallest absolute Gasteiger partial charge is 0.462 e. The third-order valence-corrected chi connectivity index (χ3v) is 9.97. The molecule has 0 amide bonds. The highest BCUT2D eigenvalue weighted by atomic mass is 31.2. The molecule has 0 spiro atoms. The van der Waals surface area contributed by atoms with E-state index in [4.69, 9.17) is 19.1 Å². The second-order valence-corrected chi connectivity index (χ2v) is 15.8. The molecule has 0 radical (unpaired) electrons. The number of rotatable bonds is 40. The van der Waals surface area contributed by atoms with Gasteiger partial charge >= 0.3 is 19.8 Å². The van der Waals surface area contributed by atoms with E-state index >= 15 is 0 Å². The van der Waals surface area contributed by atoms with Crippen molar-refractivity contribution < 1.29 is 47.8 Å². The monoisotopic (exact) mass is 787 g/mol. The third kappa shape index (κ3) is 38.5. The molecule has 0 aliphatic carbocycles. The lowest BCUT2D eigenvalue weighted by Gasteiger charge is -2.20. The van der Waals surface area contributed by atoms with Crippen LogP contribution in [-0.4, -0.2) is 65.7 Å². The van der Waals surface area contributed by atoms with Crippen molar-refractivity contribution in [3.63, 3.8) is 0 Å². The number of aliphatic hydroxyl groups is 2. The molecule has 0 aliphatic heterocycles. The van der Waals surface area contributed by atoms with Crippen molar-refractivity contribution in [1.82, 2.24) is 0 Å². The largest absolute Gasteiger partial charge is 0.472 e. The van der Waals surface area contributed by atoms with Gasteiger partial charge in [-0.15, -0.1) is 0 Å². The van der Waals surface area contributed by atoms with Crippen LogP contribution in [0.5, 0.6) is 0 Å². The predicted octanol–water partition coefficient (Wildman–Crippen LogP) is 11.2. The SMILES string of the molecule is CCCCC/C=C\C/C=C\CCCCCCCCCC(=O)OC(COC(=O)CCCCCCC/C=C\CCCCCCC)COP(=O)(O)OCC(O)CO. The van der Waals surface area contributed by atoms with E-state index in [0.29, 0.717) is 12.8 Å². The normalized spacial score (nSPS) is 14.2. The summed E-state index contributed by atoms with van der Waals surface area (Å²) in [7, 11) is -4.62. The maximum atomic E-state index is 12.6. The number of aliphatic hydroxyl groups excluding tert-OH is 2. The molecule has 3 atom stereocenters. The van der Waals surface area contributed by atoms with Crippen molar-refractivity contribution in [3.05, 3.63) is 36.5 Å². The summed E-state index contributed by atoms with van der Waals surface area (Å²) in [5.74, 6) is -0.942. The minimum Gasteiger partial charge on any atom is -0.462 e. The Kier molecular flexibility index (Phi) is 38.1. The quantitative estimate of drug-likeness (QED) is 0.0237. The molecule has 11 heteroatoms. The molecule has 0 saturated carbocycles. The number of phosphoric ester groups is 1. The summed E-state index contributed by atoms with van der Waals surface area (Å²) in [6.45, 7) is 2.33. The lowest BCUT2D eigenvalue weighted by Crippen LogP contribution is -2.29. The van der Waals surface area contributed by atoms with E-state index in [1.807, 2.05) is 0 Å². The molecule has 0 aromatic carbocycles. The lowest BCUT2D eigenvalue weighted by molar-refractivity contribution is -0.161. The molecular weight excluding hydrogens is 707 g/mol. The van der Waals surface area contributed by atoms with E-state index in [1.165, 1.54) is 70.6 Å². The van der Waals surface area contributed by atoms with E-state index in [9.17, 15) is 24.2 Å². The maximum absolute atomic E-state index is 12.6. The zero-order valence-corrected chi connectivity index (χ0v) is 35.1. The van der Waals surface area contributed by atoms with Gasteiger partial charge in [0, 0.05) is 12.8 Å². The fraction of sp³-hybridized carbons (Fsp3) is 0.814. The summed E-state index contributed by atoms with van der Waals surface area (Å²) in [6.07, 6.45) is 39.6. The Morgan fingerprint density at radius 1 is 0.556 bits per heavy atom. The fourth-order valence-corrected chi connectivity index (χ4v) is 6.45. The van der Waals surface area contributed by atoms with Gasteiger partial charge in [-0.3, -0.25) is 18.6 Å². The average molecular weight is 787 g/mol. The molecule has 0 saturated heterocycles. The third-order valence-electron chi connectivity index (χ3n) is 9.02.